The third-order valence-electron chi connectivity index (χ3n) is 4.62. The molecule has 4 aromatic rings. The quantitative estimate of drug-likeness (QED) is 0.445. The number of carbonyl (C=O) groups is 1. The summed E-state index contributed by atoms with van der Waals surface area (Å²) < 4.78 is 18.6. The van der Waals surface area contributed by atoms with Crippen LogP contribution in [-0.2, 0) is 0 Å². The fourth-order valence-electron chi connectivity index (χ4n) is 3.00. The number of amides is 1. The molecule has 1 heterocycles. The van der Waals surface area contributed by atoms with Crippen molar-refractivity contribution < 1.29 is 19.0 Å². The average molecular weight is 403 g/mol. The van der Waals surface area contributed by atoms with Crippen LogP contribution in [0.3, 0.4) is 0 Å². The molecule has 0 unspecified atom stereocenters. The van der Waals surface area contributed by atoms with Gasteiger partial charge in [0.25, 0.3) is 5.91 Å². The third kappa shape index (κ3) is 4.00. The standard InChI is InChI=1S/C23H18FN3O3/c1-30-18-9-4-15(5-10-18)23(29)25-17-7-2-14(3-8-17)20-13-21(27-26-20)19-12-16(24)6-11-22(19)28/h2-13,28H,1H3,(H,25,29)(H,26,27). The van der Waals surface area contributed by atoms with Crippen LogP contribution < -0.4 is 10.1 Å². The number of hydrogen-bond acceptors (Lipinski definition) is 4. The molecule has 1 aromatic heterocycles. The van der Waals surface area contributed by atoms with Crippen LogP contribution in [0, 0.1) is 5.82 Å². The topological polar surface area (TPSA) is 87.2 Å². The van der Waals surface area contributed by atoms with Gasteiger partial charge in [0.1, 0.15) is 17.3 Å². The van der Waals surface area contributed by atoms with Gasteiger partial charge in [0, 0.05) is 22.4 Å². The van der Waals surface area contributed by atoms with Crippen LogP contribution in [0.1, 0.15) is 10.4 Å². The minimum atomic E-state index is -0.448. The van der Waals surface area contributed by atoms with Gasteiger partial charge in [0.05, 0.1) is 18.5 Å². The lowest BCUT2D eigenvalue weighted by atomic mass is 10.1. The van der Waals surface area contributed by atoms with E-state index in [-0.39, 0.29) is 11.7 Å². The van der Waals surface area contributed by atoms with Gasteiger partial charge in [-0.3, -0.25) is 9.89 Å². The van der Waals surface area contributed by atoms with Crippen molar-refractivity contribution >= 4 is 11.6 Å². The number of phenols is 1. The van der Waals surface area contributed by atoms with E-state index in [0.717, 1.165) is 5.56 Å². The molecule has 0 aliphatic heterocycles. The maximum Gasteiger partial charge on any atom is 0.255 e. The molecule has 0 spiro atoms. The zero-order valence-corrected chi connectivity index (χ0v) is 16.0. The number of nitrogens with zero attached hydrogens (tertiary/aromatic N) is 1. The summed E-state index contributed by atoms with van der Waals surface area (Å²) in [6.07, 6.45) is 0. The molecule has 0 saturated carbocycles. The molecule has 0 atom stereocenters. The Hall–Kier alpha value is -4.13. The lowest BCUT2D eigenvalue weighted by molar-refractivity contribution is 0.102. The zero-order valence-electron chi connectivity index (χ0n) is 16.0. The molecule has 0 saturated heterocycles. The Bertz CT molecular complexity index is 1190. The van der Waals surface area contributed by atoms with Crippen LogP contribution in [-0.4, -0.2) is 28.3 Å². The maximum atomic E-state index is 13.5. The molecule has 4 rings (SSSR count). The minimum absolute atomic E-state index is 0.0387. The fraction of sp³-hybridized carbons (Fsp3) is 0.0435. The second-order valence-electron chi connectivity index (χ2n) is 6.59. The van der Waals surface area contributed by atoms with Crippen LogP contribution in [0.15, 0.2) is 72.8 Å². The summed E-state index contributed by atoms with van der Waals surface area (Å²) in [6, 6.07) is 19.4. The maximum absolute atomic E-state index is 13.5. The molecule has 3 aromatic carbocycles. The molecular formula is C23H18FN3O3. The lowest BCUT2D eigenvalue weighted by Crippen LogP contribution is -2.11. The summed E-state index contributed by atoms with van der Waals surface area (Å²) in [5.41, 5.74) is 3.42. The summed E-state index contributed by atoms with van der Waals surface area (Å²) in [4.78, 5) is 12.4. The van der Waals surface area contributed by atoms with Crippen molar-refractivity contribution in [2.45, 2.75) is 0 Å². The number of hydrogen-bond donors (Lipinski definition) is 3. The van der Waals surface area contributed by atoms with Gasteiger partial charge < -0.3 is 15.2 Å². The highest BCUT2D eigenvalue weighted by atomic mass is 19.1. The summed E-state index contributed by atoms with van der Waals surface area (Å²) in [7, 11) is 1.57. The van der Waals surface area contributed by atoms with Crippen molar-refractivity contribution in [3.63, 3.8) is 0 Å². The van der Waals surface area contributed by atoms with Gasteiger partial charge in [-0.2, -0.15) is 5.10 Å². The number of methoxy groups -OCH3 is 1. The lowest BCUT2D eigenvalue weighted by Gasteiger charge is -2.07. The van der Waals surface area contributed by atoms with Gasteiger partial charge >= 0.3 is 0 Å². The summed E-state index contributed by atoms with van der Waals surface area (Å²) in [5, 5.41) is 19.8. The molecule has 0 aliphatic rings. The van der Waals surface area contributed by atoms with Gasteiger partial charge in [-0.25, -0.2) is 4.39 Å². The smallest absolute Gasteiger partial charge is 0.255 e. The molecule has 3 N–H and O–H groups in total. The zero-order chi connectivity index (χ0) is 21.1. The van der Waals surface area contributed by atoms with E-state index in [9.17, 15) is 14.3 Å². The predicted octanol–water partition coefficient (Wildman–Crippen LogP) is 4.85. The highest BCUT2D eigenvalue weighted by Crippen LogP contribution is 2.31. The Kier molecular flexibility index (Phi) is 5.17. The third-order valence-corrected chi connectivity index (χ3v) is 4.62. The number of rotatable bonds is 5. The van der Waals surface area contributed by atoms with Gasteiger partial charge in [-0.15, -0.1) is 0 Å². The second kappa shape index (κ2) is 8.08. The number of ether oxygens (including phenoxy) is 1. The van der Waals surface area contributed by atoms with Crippen molar-refractivity contribution in [2.24, 2.45) is 0 Å². The molecule has 0 fully saturated rings. The van der Waals surface area contributed by atoms with Crippen molar-refractivity contribution in [1.29, 1.82) is 0 Å². The Labute approximate surface area is 172 Å². The summed E-state index contributed by atoms with van der Waals surface area (Å²) >= 11 is 0. The van der Waals surface area contributed by atoms with Crippen molar-refractivity contribution in [1.82, 2.24) is 10.2 Å². The number of aromatic amines is 1. The van der Waals surface area contributed by atoms with Crippen LogP contribution in [0.25, 0.3) is 22.5 Å². The van der Waals surface area contributed by atoms with E-state index in [1.54, 1.807) is 49.6 Å². The van der Waals surface area contributed by atoms with E-state index in [0.29, 0.717) is 34.0 Å². The Morgan fingerprint density at radius 1 is 1.03 bits per heavy atom. The number of aromatic nitrogens is 2. The molecule has 0 radical (unpaired) electrons. The van der Waals surface area contributed by atoms with Crippen LogP contribution in [0.5, 0.6) is 11.5 Å². The minimum Gasteiger partial charge on any atom is -0.507 e. The van der Waals surface area contributed by atoms with Crippen molar-refractivity contribution in [3.8, 4) is 34.0 Å². The molecule has 150 valence electrons. The van der Waals surface area contributed by atoms with Crippen LogP contribution in [0.4, 0.5) is 10.1 Å². The second-order valence-corrected chi connectivity index (χ2v) is 6.59. The SMILES string of the molecule is COc1ccc(C(=O)Nc2ccc(-c3cc(-c4cc(F)ccc4O)[nH]n3)cc2)cc1. The fourth-order valence-corrected chi connectivity index (χ4v) is 3.00. The van der Waals surface area contributed by atoms with E-state index in [2.05, 4.69) is 15.5 Å². The number of halogens is 1. The monoisotopic (exact) mass is 403 g/mol. The van der Waals surface area contributed by atoms with E-state index >= 15 is 0 Å². The highest BCUT2D eigenvalue weighted by molar-refractivity contribution is 6.04. The van der Waals surface area contributed by atoms with Gasteiger partial charge in [-0.05, 0) is 60.7 Å². The molecular weight excluding hydrogens is 385 g/mol. The molecule has 1 amide bonds. The Morgan fingerprint density at radius 2 is 1.77 bits per heavy atom. The first-order valence-corrected chi connectivity index (χ1v) is 9.13. The van der Waals surface area contributed by atoms with Gasteiger partial charge in [0.15, 0.2) is 0 Å². The number of H-pyrrole nitrogens is 1. The average Bonchev–Trinajstić information content (AvgIpc) is 3.26. The first kappa shape index (κ1) is 19.2. The largest absolute Gasteiger partial charge is 0.507 e. The van der Waals surface area contributed by atoms with Gasteiger partial charge in [0.2, 0.25) is 0 Å². The van der Waals surface area contributed by atoms with E-state index in [4.69, 9.17) is 4.74 Å². The van der Waals surface area contributed by atoms with Crippen LogP contribution in [0.2, 0.25) is 0 Å². The molecule has 30 heavy (non-hydrogen) atoms. The first-order valence-electron chi connectivity index (χ1n) is 9.13. The van der Waals surface area contributed by atoms with Crippen LogP contribution >= 0.6 is 0 Å². The number of phenolic OH excluding ortho intramolecular Hbond substituents is 1. The van der Waals surface area contributed by atoms with Crippen molar-refractivity contribution in [2.75, 3.05) is 12.4 Å². The normalized spacial score (nSPS) is 10.6. The van der Waals surface area contributed by atoms with E-state index < -0.39 is 5.82 Å². The number of carbonyl (C=O) groups excluding carboxylic acids is 1. The molecule has 0 bridgehead atoms. The number of benzene rings is 3. The molecule has 0 aliphatic carbocycles. The summed E-state index contributed by atoms with van der Waals surface area (Å²) in [6.45, 7) is 0. The van der Waals surface area contributed by atoms with E-state index in [1.807, 2.05) is 12.1 Å². The molecule has 7 heteroatoms. The number of anilines is 1. The number of aromatic hydroxyl groups is 1. The molecule has 6 nitrogen and oxygen atoms in total. The summed E-state index contributed by atoms with van der Waals surface area (Å²) in [5.74, 6) is -0.0334. The Morgan fingerprint density at radius 3 is 2.47 bits per heavy atom. The first-order chi connectivity index (χ1) is 14.5. The van der Waals surface area contributed by atoms with Crippen molar-refractivity contribution in [3.05, 3.63) is 84.2 Å². The number of nitrogens with one attached hydrogen (secondary N) is 2. The van der Waals surface area contributed by atoms with Gasteiger partial charge in [-0.1, -0.05) is 12.1 Å². The highest BCUT2D eigenvalue weighted by Gasteiger charge is 2.11. The predicted molar refractivity (Wildman–Crippen MR) is 112 cm³/mol. The Balaban J connectivity index is 1.49. The van der Waals surface area contributed by atoms with E-state index in [1.165, 1.54) is 18.2 Å².